The third kappa shape index (κ3) is 2.36. The van der Waals surface area contributed by atoms with Gasteiger partial charge in [0.15, 0.2) is 0 Å². The molecule has 39 heavy (non-hydrogen) atoms. The highest BCUT2D eigenvalue weighted by Gasteiger charge is 2.25. The van der Waals surface area contributed by atoms with E-state index in [1.165, 1.54) is 81.1 Å². The molecular formula is C36H21N2P. The second-order valence-corrected chi connectivity index (χ2v) is 12.6. The normalized spacial score (nSPS) is 13.1. The van der Waals surface area contributed by atoms with Crippen LogP contribution in [0.5, 0.6) is 0 Å². The van der Waals surface area contributed by atoms with Crippen molar-refractivity contribution in [2.75, 3.05) is 0 Å². The summed E-state index contributed by atoms with van der Waals surface area (Å²) < 4.78 is 5.16. The van der Waals surface area contributed by atoms with Crippen molar-refractivity contribution in [3.05, 3.63) is 127 Å². The molecule has 0 fully saturated rings. The van der Waals surface area contributed by atoms with Crippen molar-refractivity contribution in [3.8, 4) is 5.69 Å². The zero-order valence-corrected chi connectivity index (χ0v) is 21.9. The number of aromatic nitrogens is 2. The van der Waals surface area contributed by atoms with Gasteiger partial charge in [0.1, 0.15) is 0 Å². The molecule has 2 aliphatic rings. The molecular weight excluding hydrogens is 491 g/mol. The van der Waals surface area contributed by atoms with Gasteiger partial charge in [0, 0.05) is 48.2 Å². The van der Waals surface area contributed by atoms with Crippen LogP contribution in [0, 0.1) is 0 Å². The smallest absolute Gasteiger partial charge is 0.0653 e. The molecule has 0 aliphatic carbocycles. The monoisotopic (exact) mass is 512 g/mol. The van der Waals surface area contributed by atoms with Crippen LogP contribution >= 0.6 is 7.68 Å². The van der Waals surface area contributed by atoms with E-state index in [4.69, 9.17) is 0 Å². The van der Waals surface area contributed by atoms with Gasteiger partial charge in [-0.1, -0.05) is 91.0 Å². The van der Waals surface area contributed by atoms with Gasteiger partial charge >= 0.3 is 0 Å². The maximum absolute atomic E-state index is 2.70. The van der Waals surface area contributed by atoms with Crippen molar-refractivity contribution in [1.82, 2.24) is 8.90 Å². The summed E-state index contributed by atoms with van der Waals surface area (Å²) in [6.45, 7) is 0. The summed E-state index contributed by atoms with van der Waals surface area (Å²) >= 11 is 0. The molecule has 1 atom stereocenters. The highest BCUT2D eigenvalue weighted by molar-refractivity contribution is 7.60. The van der Waals surface area contributed by atoms with Crippen LogP contribution in [-0.2, 0) is 0 Å². The SMILES string of the molecule is c1ccc2c(c1)c1ccccc1n2-c1cc2c3cccc4c5ccccc5p5c6ccccc6c(c1)c2n-5c34. The van der Waals surface area contributed by atoms with E-state index in [0.29, 0.717) is 0 Å². The van der Waals surface area contributed by atoms with Gasteiger partial charge in [-0.25, -0.2) is 0 Å². The number of benzene rings is 6. The van der Waals surface area contributed by atoms with E-state index in [1.54, 1.807) is 0 Å². The molecule has 1 unspecified atom stereocenters. The van der Waals surface area contributed by atoms with Gasteiger partial charge in [0.25, 0.3) is 0 Å². The van der Waals surface area contributed by atoms with E-state index in [2.05, 4.69) is 136 Å². The van der Waals surface area contributed by atoms with Crippen molar-refractivity contribution < 1.29 is 0 Å². The largest absolute Gasteiger partial charge is 0.309 e. The van der Waals surface area contributed by atoms with E-state index >= 15 is 0 Å². The molecule has 0 bridgehead atoms. The van der Waals surface area contributed by atoms with Crippen molar-refractivity contribution in [2.24, 2.45) is 0 Å². The number of hydrogen-bond acceptors (Lipinski definition) is 0. The van der Waals surface area contributed by atoms with Crippen molar-refractivity contribution in [2.45, 2.75) is 0 Å². The summed E-state index contributed by atoms with van der Waals surface area (Å²) in [7, 11) is -0.694. The van der Waals surface area contributed by atoms with Crippen molar-refractivity contribution in [1.29, 1.82) is 0 Å². The minimum Gasteiger partial charge on any atom is -0.309 e. The molecule has 4 heterocycles. The fourth-order valence-corrected chi connectivity index (χ4v) is 10.0. The predicted molar refractivity (Wildman–Crippen MR) is 169 cm³/mol. The van der Waals surface area contributed by atoms with Crippen molar-refractivity contribution >= 4 is 83.1 Å². The second kappa shape index (κ2) is 6.99. The van der Waals surface area contributed by atoms with Gasteiger partial charge in [-0.2, -0.15) is 0 Å². The van der Waals surface area contributed by atoms with Crippen LogP contribution in [0.3, 0.4) is 0 Å². The molecule has 0 amide bonds. The number of nitrogens with zero attached hydrogens (tertiary/aromatic N) is 2. The Morgan fingerprint density at radius 2 is 0.821 bits per heavy atom. The van der Waals surface area contributed by atoms with E-state index in [9.17, 15) is 0 Å². The molecule has 0 radical (unpaired) electrons. The fraction of sp³-hybridized carbons (Fsp3) is 0. The number of hydrogen-bond donors (Lipinski definition) is 0. The standard InChI is InChI=1S/C36H21N2P/c1-5-16-31-23(10-1)24-11-2-6-17-32(24)37(31)22-20-29-26-13-4-8-19-34(26)39-33-18-7-3-12-25(33)27-14-9-15-28-30(21-22)36(29)38(39)35(27)28/h1-21H. The van der Waals surface area contributed by atoms with Gasteiger partial charge in [-0.15, -0.1) is 0 Å². The number of rotatable bonds is 1. The molecule has 0 saturated heterocycles. The summed E-state index contributed by atoms with van der Waals surface area (Å²) in [6.07, 6.45) is 0. The Hall–Kier alpha value is -4.78. The Morgan fingerprint density at radius 3 is 1.46 bits per heavy atom. The lowest BCUT2D eigenvalue weighted by Crippen LogP contribution is -1.97. The first kappa shape index (κ1) is 20.2. The Morgan fingerprint density at radius 1 is 0.385 bits per heavy atom. The average Bonchev–Trinajstić information content (AvgIpc) is 3.52. The zero-order chi connectivity index (χ0) is 25.2. The maximum atomic E-state index is 2.70. The quantitative estimate of drug-likeness (QED) is 0.194. The molecule has 8 aromatic rings. The summed E-state index contributed by atoms with van der Waals surface area (Å²) in [6, 6.07) is 47.5. The minimum absolute atomic E-state index is 0.694. The average molecular weight is 513 g/mol. The Labute approximate surface area is 224 Å². The van der Waals surface area contributed by atoms with Crippen LogP contribution in [0.1, 0.15) is 0 Å². The van der Waals surface area contributed by atoms with Crippen LogP contribution in [0.25, 0.3) is 81.1 Å². The molecule has 2 aliphatic heterocycles. The summed E-state index contributed by atoms with van der Waals surface area (Å²) in [5.41, 5.74) is 6.47. The first-order valence-corrected chi connectivity index (χ1v) is 14.8. The first-order valence-electron chi connectivity index (χ1n) is 13.5. The molecule has 0 saturated carbocycles. The highest BCUT2D eigenvalue weighted by Crippen LogP contribution is 2.57. The Bertz CT molecular complexity index is 2500. The highest BCUT2D eigenvalue weighted by atomic mass is 31.1. The fourth-order valence-electron chi connectivity index (χ4n) is 7.22. The summed E-state index contributed by atoms with van der Waals surface area (Å²) in [4.78, 5) is 0. The predicted octanol–water partition coefficient (Wildman–Crippen LogP) is 10.5. The second-order valence-electron chi connectivity index (χ2n) is 10.6. The summed E-state index contributed by atoms with van der Waals surface area (Å²) in [5.74, 6) is 0. The maximum Gasteiger partial charge on any atom is 0.0653 e. The van der Waals surface area contributed by atoms with Crippen LogP contribution in [0.15, 0.2) is 127 Å². The van der Waals surface area contributed by atoms with Crippen LogP contribution in [0.2, 0.25) is 0 Å². The lowest BCUT2D eigenvalue weighted by molar-refractivity contribution is 1.19. The number of fused-ring (bicyclic) bond motifs is 10. The van der Waals surface area contributed by atoms with Gasteiger partial charge in [0.2, 0.25) is 0 Å². The molecule has 0 N–H and O–H groups in total. The summed E-state index contributed by atoms with van der Waals surface area (Å²) in [5, 5.41) is 13.6. The number of para-hydroxylation sites is 3. The lowest BCUT2D eigenvalue weighted by Gasteiger charge is -2.22. The minimum atomic E-state index is -0.694. The van der Waals surface area contributed by atoms with Crippen LogP contribution in [0.4, 0.5) is 0 Å². The van der Waals surface area contributed by atoms with E-state index in [1.807, 2.05) is 0 Å². The molecule has 180 valence electrons. The lowest BCUT2D eigenvalue weighted by atomic mass is 10.0. The van der Waals surface area contributed by atoms with Crippen LogP contribution in [-0.4, -0.2) is 8.90 Å². The van der Waals surface area contributed by atoms with Gasteiger partial charge in [0.05, 0.1) is 22.1 Å². The van der Waals surface area contributed by atoms with E-state index < -0.39 is 7.68 Å². The van der Waals surface area contributed by atoms with E-state index in [-0.39, 0.29) is 0 Å². The molecule has 2 aromatic heterocycles. The first-order chi connectivity index (χ1) is 19.4. The van der Waals surface area contributed by atoms with Crippen molar-refractivity contribution in [3.63, 3.8) is 0 Å². The Balaban J connectivity index is 1.51. The van der Waals surface area contributed by atoms with Gasteiger partial charge in [-0.05, 0) is 54.9 Å². The third-order valence-corrected chi connectivity index (χ3v) is 11.2. The molecule has 0 spiro atoms. The molecule has 6 aromatic carbocycles. The molecule has 3 heteroatoms. The zero-order valence-electron chi connectivity index (χ0n) is 21.0. The van der Waals surface area contributed by atoms with Gasteiger partial charge < -0.3 is 4.57 Å². The topological polar surface area (TPSA) is 9.86 Å². The van der Waals surface area contributed by atoms with E-state index in [0.717, 1.165) is 0 Å². The van der Waals surface area contributed by atoms with Crippen LogP contribution < -0.4 is 0 Å². The third-order valence-electron chi connectivity index (χ3n) is 8.73. The molecule has 2 nitrogen and oxygen atoms in total. The Kier molecular flexibility index (Phi) is 3.63. The molecule has 10 rings (SSSR count). The van der Waals surface area contributed by atoms with Gasteiger partial charge in [-0.3, -0.25) is 4.34 Å².